The average molecular weight is 456 g/mol. The molecule has 2 aromatic carbocycles. The molecule has 4 aromatic rings. The number of aromatic amines is 1. The van der Waals surface area contributed by atoms with Crippen LogP contribution >= 0.6 is 23.2 Å². The van der Waals surface area contributed by atoms with E-state index in [1.165, 1.54) is 0 Å². The zero-order chi connectivity index (χ0) is 21.8. The first-order valence-electron chi connectivity index (χ1n) is 10.8. The van der Waals surface area contributed by atoms with Crippen molar-refractivity contribution in [2.45, 2.75) is 26.7 Å². The Kier molecular flexibility index (Phi) is 6.96. The third-order valence-corrected chi connectivity index (χ3v) is 6.30. The fourth-order valence-corrected chi connectivity index (χ4v) is 4.09. The molecule has 4 rings (SSSR count). The minimum Gasteiger partial charge on any atom is -0.368 e. The number of anilines is 1. The van der Waals surface area contributed by atoms with Crippen molar-refractivity contribution in [1.29, 1.82) is 0 Å². The number of para-hydroxylation sites is 1. The van der Waals surface area contributed by atoms with E-state index in [1.54, 1.807) is 12.1 Å². The predicted molar refractivity (Wildman–Crippen MR) is 132 cm³/mol. The van der Waals surface area contributed by atoms with Gasteiger partial charge >= 0.3 is 0 Å². The Hall–Kier alpha value is -2.34. The maximum atomic E-state index is 6.23. The fourth-order valence-electron chi connectivity index (χ4n) is 3.77. The molecule has 0 unspecified atom stereocenters. The second kappa shape index (κ2) is 9.86. The molecule has 0 fully saturated rings. The number of hydrogen-bond donors (Lipinski definition) is 2. The topological polar surface area (TPSA) is 56.8 Å². The molecule has 0 saturated carbocycles. The van der Waals surface area contributed by atoms with Gasteiger partial charge in [-0.2, -0.15) is 0 Å². The highest BCUT2D eigenvalue weighted by molar-refractivity contribution is 6.42. The van der Waals surface area contributed by atoms with Crippen molar-refractivity contribution in [1.82, 2.24) is 19.9 Å². The summed E-state index contributed by atoms with van der Waals surface area (Å²) >= 11 is 12.5. The molecule has 31 heavy (non-hydrogen) atoms. The van der Waals surface area contributed by atoms with E-state index in [0.29, 0.717) is 10.0 Å². The predicted octanol–water partition coefficient (Wildman–Crippen LogP) is 6.62. The summed E-state index contributed by atoms with van der Waals surface area (Å²) < 4.78 is 0. The van der Waals surface area contributed by atoms with Crippen molar-refractivity contribution in [3.8, 4) is 11.4 Å². The molecule has 0 saturated heterocycles. The molecule has 2 heterocycles. The quantitative estimate of drug-likeness (QED) is 0.278. The van der Waals surface area contributed by atoms with E-state index in [-0.39, 0.29) is 0 Å². The van der Waals surface area contributed by atoms with Crippen LogP contribution in [0.2, 0.25) is 10.0 Å². The van der Waals surface area contributed by atoms with Gasteiger partial charge in [-0.1, -0.05) is 55.2 Å². The van der Waals surface area contributed by atoms with Crippen LogP contribution in [-0.4, -0.2) is 46.0 Å². The van der Waals surface area contributed by atoms with Gasteiger partial charge in [-0.25, -0.2) is 9.97 Å². The van der Waals surface area contributed by atoms with E-state index in [2.05, 4.69) is 47.2 Å². The zero-order valence-corrected chi connectivity index (χ0v) is 19.4. The van der Waals surface area contributed by atoms with Crippen molar-refractivity contribution >= 4 is 51.0 Å². The molecule has 2 aromatic heterocycles. The van der Waals surface area contributed by atoms with Crippen LogP contribution < -0.4 is 5.32 Å². The van der Waals surface area contributed by atoms with E-state index >= 15 is 0 Å². The SMILES string of the molecule is CCN(CC)CCCCNc1nc2cc(Cl)c(Cl)cc2nc1-c1cc2ccccc2[nH]1. The summed E-state index contributed by atoms with van der Waals surface area (Å²) in [5, 5.41) is 5.60. The van der Waals surface area contributed by atoms with Crippen LogP contribution in [0.4, 0.5) is 5.82 Å². The lowest BCUT2D eigenvalue weighted by Crippen LogP contribution is -2.24. The van der Waals surface area contributed by atoms with Gasteiger partial charge in [0, 0.05) is 17.4 Å². The summed E-state index contributed by atoms with van der Waals surface area (Å²) in [5.41, 5.74) is 4.21. The maximum Gasteiger partial charge on any atom is 0.154 e. The summed E-state index contributed by atoms with van der Waals surface area (Å²) in [6, 6.07) is 13.8. The van der Waals surface area contributed by atoms with Gasteiger partial charge in [0.05, 0.1) is 26.8 Å². The van der Waals surface area contributed by atoms with Gasteiger partial charge in [-0.05, 0) is 56.7 Å². The van der Waals surface area contributed by atoms with E-state index in [4.69, 9.17) is 33.2 Å². The highest BCUT2D eigenvalue weighted by Crippen LogP contribution is 2.32. The van der Waals surface area contributed by atoms with Crippen molar-refractivity contribution < 1.29 is 0 Å². The number of rotatable bonds is 9. The van der Waals surface area contributed by atoms with Crippen molar-refractivity contribution in [3.05, 3.63) is 52.5 Å². The molecule has 0 aliphatic carbocycles. The highest BCUT2D eigenvalue weighted by atomic mass is 35.5. The third kappa shape index (κ3) is 4.95. The minimum atomic E-state index is 0.475. The van der Waals surface area contributed by atoms with Gasteiger partial charge in [-0.3, -0.25) is 0 Å². The Labute approximate surface area is 192 Å². The van der Waals surface area contributed by atoms with Gasteiger partial charge in [-0.15, -0.1) is 0 Å². The summed E-state index contributed by atoms with van der Waals surface area (Å²) in [4.78, 5) is 15.6. The summed E-state index contributed by atoms with van der Waals surface area (Å²) in [5.74, 6) is 0.750. The molecule has 0 atom stereocenters. The van der Waals surface area contributed by atoms with Gasteiger partial charge in [0.15, 0.2) is 5.82 Å². The van der Waals surface area contributed by atoms with E-state index < -0.39 is 0 Å². The number of benzene rings is 2. The molecule has 0 amide bonds. The third-order valence-electron chi connectivity index (χ3n) is 5.58. The second-order valence-electron chi connectivity index (χ2n) is 7.61. The Balaban J connectivity index is 1.63. The molecular weight excluding hydrogens is 429 g/mol. The zero-order valence-electron chi connectivity index (χ0n) is 17.9. The molecule has 7 heteroatoms. The van der Waals surface area contributed by atoms with Crippen LogP contribution in [0.25, 0.3) is 33.3 Å². The Morgan fingerprint density at radius 1 is 0.935 bits per heavy atom. The van der Waals surface area contributed by atoms with Crippen LogP contribution in [0.1, 0.15) is 26.7 Å². The lowest BCUT2D eigenvalue weighted by molar-refractivity contribution is 0.298. The maximum absolute atomic E-state index is 6.23. The molecule has 0 aliphatic heterocycles. The van der Waals surface area contributed by atoms with E-state index in [9.17, 15) is 0 Å². The number of nitrogens with zero attached hydrogens (tertiary/aromatic N) is 3. The Bertz CT molecular complexity index is 1150. The average Bonchev–Trinajstić information content (AvgIpc) is 3.21. The molecule has 0 aliphatic rings. The van der Waals surface area contributed by atoms with Crippen molar-refractivity contribution in [3.63, 3.8) is 0 Å². The highest BCUT2D eigenvalue weighted by Gasteiger charge is 2.15. The number of aromatic nitrogens is 3. The monoisotopic (exact) mass is 455 g/mol. The molecule has 162 valence electrons. The van der Waals surface area contributed by atoms with Crippen LogP contribution in [0.5, 0.6) is 0 Å². The molecule has 2 N–H and O–H groups in total. The molecular formula is C24H27Cl2N5. The number of hydrogen-bond acceptors (Lipinski definition) is 4. The molecule has 0 radical (unpaired) electrons. The van der Waals surface area contributed by atoms with Crippen LogP contribution in [0.15, 0.2) is 42.5 Å². The van der Waals surface area contributed by atoms with Crippen LogP contribution in [0, 0.1) is 0 Å². The first-order valence-corrected chi connectivity index (χ1v) is 11.6. The minimum absolute atomic E-state index is 0.475. The van der Waals surface area contributed by atoms with Gasteiger partial charge in [0.1, 0.15) is 5.69 Å². The molecule has 5 nitrogen and oxygen atoms in total. The first kappa shape index (κ1) is 21.9. The normalized spacial score (nSPS) is 11.6. The second-order valence-corrected chi connectivity index (χ2v) is 8.42. The first-order chi connectivity index (χ1) is 15.1. The number of nitrogens with one attached hydrogen (secondary N) is 2. The summed E-state index contributed by atoms with van der Waals surface area (Å²) in [6.07, 6.45) is 2.20. The largest absolute Gasteiger partial charge is 0.368 e. The standard InChI is InChI=1S/C24H27Cl2N5/c1-3-31(4-2)12-8-7-11-27-24-23(22-13-16-9-5-6-10-19(16)28-22)29-20-14-17(25)18(26)15-21(20)30-24/h5-6,9-10,13-15,28H,3-4,7-8,11-12H2,1-2H3,(H,27,30). The smallest absolute Gasteiger partial charge is 0.154 e. The number of fused-ring (bicyclic) bond motifs is 2. The van der Waals surface area contributed by atoms with Crippen molar-refractivity contribution in [2.24, 2.45) is 0 Å². The van der Waals surface area contributed by atoms with E-state index in [0.717, 1.165) is 78.2 Å². The van der Waals surface area contributed by atoms with Crippen molar-refractivity contribution in [2.75, 3.05) is 31.5 Å². The van der Waals surface area contributed by atoms with Gasteiger partial charge < -0.3 is 15.2 Å². The number of unbranched alkanes of at least 4 members (excludes halogenated alkanes) is 1. The van der Waals surface area contributed by atoms with Gasteiger partial charge in [0.25, 0.3) is 0 Å². The number of H-pyrrole nitrogens is 1. The van der Waals surface area contributed by atoms with Crippen LogP contribution in [-0.2, 0) is 0 Å². The molecule has 0 spiro atoms. The Morgan fingerprint density at radius 2 is 1.65 bits per heavy atom. The Morgan fingerprint density at radius 3 is 2.35 bits per heavy atom. The summed E-state index contributed by atoms with van der Waals surface area (Å²) in [7, 11) is 0. The summed E-state index contributed by atoms with van der Waals surface area (Å²) in [6.45, 7) is 8.53. The fraction of sp³-hybridized carbons (Fsp3) is 0.333. The molecule has 0 bridgehead atoms. The lowest BCUT2D eigenvalue weighted by Gasteiger charge is -2.17. The lowest BCUT2D eigenvalue weighted by atomic mass is 10.2. The van der Waals surface area contributed by atoms with Gasteiger partial charge in [0.2, 0.25) is 0 Å². The van der Waals surface area contributed by atoms with E-state index in [1.807, 2.05) is 12.1 Å². The van der Waals surface area contributed by atoms with Crippen LogP contribution in [0.3, 0.4) is 0 Å². The number of halogens is 2.